The Morgan fingerprint density at radius 3 is 2.58 bits per heavy atom. The van der Waals surface area contributed by atoms with Crippen LogP contribution in [-0.2, 0) is 16.4 Å². The van der Waals surface area contributed by atoms with E-state index in [0.717, 1.165) is 17.5 Å². The van der Waals surface area contributed by atoms with Crippen LogP contribution in [0.15, 0.2) is 24.3 Å². The fraction of sp³-hybridized carbons (Fsp3) is 0.571. The zero-order valence-electron chi connectivity index (χ0n) is 11.7. The molecule has 1 aromatic carbocycles. The van der Waals surface area contributed by atoms with Crippen LogP contribution in [0.3, 0.4) is 0 Å². The second-order valence-electron chi connectivity index (χ2n) is 6.48. The van der Waals surface area contributed by atoms with Crippen LogP contribution >= 0.6 is 0 Å². The second-order valence-corrected chi connectivity index (χ2v) is 8.24. The topological polar surface area (TPSA) is 72.2 Å². The zero-order chi connectivity index (χ0) is 14.3. The number of nitrogens with one attached hydrogen (secondary N) is 1. The molecule has 106 valence electrons. The SMILES string of the molecule is CC(C)(C)CS(=O)(=O)NC1c2ccccc2CC1N. The van der Waals surface area contributed by atoms with E-state index in [0.29, 0.717) is 0 Å². The van der Waals surface area contributed by atoms with E-state index in [9.17, 15) is 8.42 Å². The molecule has 2 unspecified atom stereocenters. The molecule has 0 fully saturated rings. The Labute approximate surface area is 115 Å². The van der Waals surface area contributed by atoms with Gasteiger partial charge in [-0.05, 0) is 23.0 Å². The Morgan fingerprint density at radius 2 is 1.95 bits per heavy atom. The second kappa shape index (κ2) is 4.89. The summed E-state index contributed by atoms with van der Waals surface area (Å²) >= 11 is 0. The average Bonchev–Trinajstić information content (AvgIpc) is 2.52. The molecule has 4 nitrogen and oxygen atoms in total. The summed E-state index contributed by atoms with van der Waals surface area (Å²) in [6.45, 7) is 5.73. The molecule has 3 N–H and O–H groups in total. The maximum Gasteiger partial charge on any atom is 0.212 e. The van der Waals surface area contributed by atoms with E-state index < -0.39 is 10.0 Å². The van der Waals surface area contributed by atoms with Gasteiger partial charge < -0.3 is 5.73 Å². The number of fused-ring (bicyclic) bond motifs is 1. The maximum atomic E-state index is 12.2. The number of hydrogen-bond donors (Lipinski definition) is 2. The van der Waals surface area contributed by atoms with Gasteiger partial charge in [0.2, 0.25) is 10.0 Å². The van der Waals surface area contributed by atoms with E-state index in [1.165, 1.54) is 0 Å². The fourth-order valence-corrected chi connectivity index (χ4v) is 4.49. The molecule has 0 amide bonds. The molecule has 0 radical (unpaired) electrons. The lowest BCUT2D eigenvalue weighted by Crippen LogP contribution is -2.41. The van der Waals surface area contributed by atoms with Crippen LogP contribution < -0.4 is 10.5 Å². The third-order valence-electron chi connectivity index (χ3n) is 3.20. The summed E-state index contributed by atoms with van der Waals surface area (Å²) in [5.41, 5.74) is 7.95. The molecular formula is C14H22N2O2S. The van der Waals surface area contributed by atoms with Gasteiger partial charge in [0.25, 0.3) is 0 Å². The minimum atomic E-state index is -3.33. The van der Waals surface area contributed by atoms with E-state index in [1.54, 1.807) is 0 Å². The number of hydrogen-bond acceptors (Lipinski definition) is 3. The number of sulfonamides is 1. The van der Waals surface area contributed by atoms with Gasteiger partial charge in [-0.1, -0.05) is 45.0 Å². The molecular weight excluding hydrogens is 260 g/mol. The molecule has 1 aliphatic carbocycles. The van der Waals surface area contributed by atoms with Crippen LogP contribution in [0.25, 0.3) is 0 Å². The van der Waals surface area contributed by atoms with E-state index >= 15 is 0 Å². The third-order valence-corrected chi connectivity index (χ3v) is 5.06. The first-order chi connectivity index (χ1) is 8.68. The van der Waals surface area contributed by atoms with Crippen molar-refractivity contribution in [2.75, 3.05) is 5.75 Å². The average molecular weight is 282 g/mol. The molecule has 5 heteroatoms. The van der Waals surface area contributed by atoms with Crippen molar-refractivity contribution in [1.29, 1.82) is 0 Å². The van der Waals surface area contributed by atoms with Crippen molar-refractivity contribution in [3.63, 3.8) is 0 Å². The molecule has 0 saturated carbocycles. The molecule has 1 aliphatic rings. The maximum absolute atomic E-state index is 12.2. The van der Waals surface area contributed by atoms with Crippen molar-refractivity contribution in [2.45, 2.75) is 39.3 Å². The molecule has 1 aromatic rings. The first kappa shape index (κ1) is 14.5. The van der Waals surface area contributed by atoms with Crippen LogP contribution in [0.2, 0.25) is 0 Å². The van der Waals surface area contributed by atoms with Gasteiger partial charge in [-0.25, -0.2) is 13.1 Å². The molecule has 0 aliphatic heterocycles. The van der Waals surface area contributed by atoms with Gasteiger partial charge in [-0.2, -0.15) is 0 Å². The lowest BCUT2D eigenvalue weighted by molar-refractivity contribution is 0.449. The minimum Gasteiger partial charge on any atom is -0.326 e. The molecule has 0 aromatic heterocycles. The van der Waals surface area contributed by atoms with E-state index in [-0.39, 0.29) is 23.3 Å². The molecule has 2 rings (SSSR count). The molecule has 0 heterocycles. The fourth-order valence-electron chi connectivity index (χ4n) is 2.58. The zero-order valence-corrected chi connectivity index (χ0v) is 12.5. The molecule has 0 bridgehead atoms. The van der Waals surface area contributed by atoms with Crippen molar-refractivity contribution in [1.82, 2.24) is 4.72 Å². The summed E-state index contributed by atoms with van der Waals surface area (Å²) in [5.74, 6) is 0.103. The minimum absolute atomic E-state index is 0.103. The third kappa shape index (κ3) is 3.55. The summed E-state index contributed by atoms with van der Waals surface area (Å²) in [6.07, 6.45) is 0.721. The van der Waals surface area contributed by atoms with Crippen molar-refractivity contribution in [2.24, 2.45) is 11.1 Å². The standard InChI is InChI=1S/C14H22N2O2S/c1-14(2,3)9-19(17,18)16-13-11-7-5-4-6-10(11)8-12(13)15/h4-7,12-13,16H,8-9,15H2,1-3H3. The quantitative estimate of drug-likeness (QED) is 0.884. The molecule has 0 spiro atoms. The largest absolute Gasteiger partial charge is 0.326 e. The van der Waals surface area contributed by atoms with Crippen molar-refractivity contribution < 1.29 is 8.42 Å². The van der Waals surface area contributed by atoms with Gasteiger partial charge in [0.15, 0.2) is 0 Å². The van der Waals surface area contributed by atoms with Gasteiger partial charge in [0, 0.05) is 6.04 Å². The Kier molecular flexibility index (Phi) is 3.73. The van der Waals surface area contributed by atoms with Crippen LogP contribution in [0, 0.1) is 5.41 Å². The van der Waals surface area contributed by atoms with Crippen molar-refractivity contribution in [3.05, 3.63) is 35.4 Å². The smallest absolute Gasteiger partial charge is 0.212 e. The number of benzene rings is 1. The van der Waals surface area contributed by atoms with Crippen molar-refractivity contribution >= 4 is 10.0 Å². The Morgan fingerprint density at radius 1 is 1.32 bits per heavy atom. The Hall–Kier alpha value is -0.910. The molecule has 2 atom stereocenters. The van der Waals surface area contributed by atoms with Crippen LogP contribution in [0.4, 0.5) is 0 Å². The highest BCUT2D eigenvalue weighted by molar-refractivity contribution is 7.89. The van der Waals surface area contributed by atoms with Gasteiger partial charge in [-0.3, -0.25) is 0 Å². The highest BCUT2D eigenvalue weighted by Crippen LogP contribution is 2.31. The van der Waals surface area contributed by atoms with Gasteiger partial charge in [0.1, 0.15) is 0 Å². The van der Waals surface area contributed by atoms with Crippen LogP contribution in [0.1, 0.15) is 37.9 Å². The Bertz CT molecular complexity index is 561. The Balaban J connectivity index is 2.20. The van der Waals surface area contributed by atoms with E-state index in [2.05, 4.69) is 4.72 Å². The summed E-state index contributed by atoms with van der Waals surface area (Å²) in [4.78, 5) is 0. The summed E-state index contributed by atoms with van der Waals surface area (Å²) in [5, 5.41) is 0. The van der Waals surface area contributed by atoms with Gasteiger partial charge >= 0.3 is 0 Å². The van der Waals surface area contributed by atoms with Gasteiger partial charge in [-0.15, -0.1) is 0 Å². The summed E-state index contributed by atoms with van der Waals surface area (Å²) < 4.78 is 27.1. The first-order valence-corrected chi connectivity index (χ1v) is 8.17. The lowest BCUT2D eigenvalue weighted by atomic mass is 10.0. The highest BCUT2D eigenvalue weighted by atomic mass is 32.2. The van der Waals surface area contributed by atoms with E-state index in [4.69, 9.17) is 5.73 Å². The molecule has 19 heavy (non-hydrogen) atoms. The summed E-state index contributed by atoms with van der Waals surface area (Å²) in [6, 6.07) is 7.34. The highest BCUT2D eigenvalue weighted by Gasteiger charge is 2.33. The van der Waals surface area contributed by atoms with Crippen molar-refractivity contribution in [3.8, 4) is 0 Å². The summed E-state index contributed by atoms with van der Waals surface area (Å²) in [7, 11) is -3.33. The first-order valence-electron chi connectivity index (χ1n) is 6.51. The monoisotopic (exact) mass is 282 g/mol. The van der Waals surface area contributed by atoms with Gasteiger partial charge in [0.05, 0.1) is 11.8 Å². The lowest BCUT2D eigenvalue weighted by Gasteiger charge is -2.23. The normalized spacial score (nSPS) is 23.4. The van der Waals surface area contributed by atoms with Crippen LogP contribution in [-0.4, -0.2) is 20.2 Å². The number of rotatable bonds is 3. The van der Waals surface area contributed by atoms with E-state index in [1.807, 2.05) is 45.0 Å². The van der Waals surface area contributed by atoms with Crippen LogP contribution in [0.5, 0.6) is 0 Å². The molecule has 0 saturated heterocycles. The predicted molar refractivity (Wildman–Crippen MR) is 77.2 cm³/mol. The number of nitrogens with two attached hydrogens (primary N) is 1. The predicted octanol–water partition coefficient (Wildman–Crippen LogP) is 1.58.